The van der Waals surface area contributed by atoms with Crippen LogP contribution in [0, 0.1) is 11.8 Å². The Balaban J connectivity index is 2.26. The highest BCUT2D eigenvalue weighted by Gasteiger charge is 2.37. The van der Waals surface area contributed by atoms with Gasteiger partial charge in [-0.25, -0.2) is 4.79 Å². The van der Waals surface area contributed by atoms with Crippen molar-refractivity contribution in [1.29, 1.82) is 0 Å². The number of aliphatic hydroxyl groups is 1. The van der Waals surface area contributed by atoms with Gasteiger partial charge in [0.25, 0.3) is 5.56 Å². The van der Waals surface area contributed by atoms with Crippen LogP contribution in [0.1, 0.15) is 31.6 Å². The van der Waals surface area contributed by atoms with E-state index in [-0.39, 0.29) is 25.3 Å². The predicted molar refractivity (Wildman–Crippen MR) is 83.0 cm³/mol. The minimum Gasteiger partial charge on any atom is -0.394 e. The summed E-state index contributed by atoms with van der Waals surface area (Å²) in [4.78, 5) is 28.5. The van der Waals surface area contributed by atoms with Gasteiger partial charge in [0.1, 0.15) is 24.6 Å². The fourth-order valence-electron chi connectivity index (χ4n) is 2.34. The third kappa shape index (κ3) is 4.04. The van der Waals surface area contributed by atoms with E-state index in [2.05, 4.69) is 26.9 Å². The van der Waals surface area contributed by atoms with Crippen LogP contribution in [0.25, 0.3) is 10.4 Å². The molecule has 0 aromatic carbocycles. The van der Waals surface area contributed by atoms with Gasteiger partial charge in [0.2, 0.25) is 0 Å². The third-order valence-electron chi connectivity index (χ3n) is 3.45. The van der Waals surface area contributed by atoms with E-state index in [9.17, 15) is 14.7 Å². The molecule has 3 atom stereocenters. The SMILES string of the molecule is CCC#Cc1cn([C@H]2CC(OCN=[N+]=[N-])[C@@H](CO)O2)c(=O)[nH]c1=O. The lowest BCUT2D eigenvalue weighted by atomic mass is 10.2. The lowest BCUT2D eigenvalue weighted by Crippen LogP contribution is -2.33. The minimum absolute atomic E-state index is 0.152. The molecule has 0 bridgehead atoms. The number of nitrogens with one attached hydrogen (secondary N) is 1. The van der Waals surface area contributed by atoms with Crippen molar-refractivity contribution in [2.75, 3.05) is 13.3 Å². The quantitative estimate of drug-likeness (QED) is 0.343. The molecule has 0 saturated carbocycles. The molecule has 1 fully saturated rings. The van der Waals surface area contributed by atoms with E-state index in [4.69, 9.17) is 15.0 Å². The van der Waals surface area contributed by atoms with Crippen LogP contribution in [0.3, 0.4) is 0 Å². The van der Waals surface area contributed by atoms with E-state index < -0.39 is 29.7 Å². The maximum absolute atomic E-state index is 12.0. The molecule has 10 heteroatoms. The van der Waals surface area contributed by atoms with Crippen molar-refractivity contribution in [1.82, 2.24) is 9.55 Å². The van der Waals surface area contributed by atoms with E-state index in [1.807, 2.05) is 6.92 Å². The zero-order valence-electron chi connectivity index (χ0n) is 13.0. The van der Waals surface area contributed by atoms with Crippen molar-refractivity contribution in [3.8, 4) is 11.8 Å². The van der Waals surface area contributed by atoms with Crippen LogP contribution in [0.4, 0.5) is 0 Å². The van der Waals surface area contributed by atoms with Crippen LogP contribution >= 0.6 is 0 Å². The molecular weight excluding hydrogens is 318 g/mol. The van der Waals surface area contributed by atoms with Crippen molar-refractivity contribution in [3.05, 3.63) is 43.0 Å². The molecule has 1 unspecified atom stereocenters. The van der Waals surface area contributed by atoms with Crippen molar-refractivity contribution in [3.63, 3.8) is 0 Å². The summed E-state index contributed by atoms with van der Waals surface area (Å²) in [6, 6.07) is 0. The Bertz CT molecular complexity index is 798. The fourth-order valence-corrected chi connectivity index (χ4v) is 2.34. The lowest BCUT2D eigenvalue weighted by molar-refractivity contribution is -0.0612. The number of aromatic amines is 1. The third-order valence-corrected chi connectivity index (χ3v) is 3.45. The number of hydrogen-bond acceptors (Lipinski definition) is 6. The highest BCUT2D eigenvalue weighted by molar-refractivity contribution is 5.29. The Morgan fingerprint density at radius 1 is 1.62 bits per heavy atom. The van der Waals surface area contributed by atoms with E-state index in [0.29, 0.717) is 6.42 Å². The van der Waals surface area contributed by atoms with E-state index in [1.54, 1.807) is 0 Å². The number of rotatable bonds is 5. The zero-order valence-corrected chi connectivity index (χ0v) is 13.0. The van der Waals surface area contributed by atoms with Gasteiger partial charge in [0.05, 0.1) is 12.7 Å². The highest BCUT2D eigenvalue weighted by Crippen LogP contribution is 2.29. The van der Waals surface area contributed by atoms with Crippen LogP contribution in [0.2, 0.25) is 0 Å². The van der Waals surface area contributed by atoms with Gasteiger partial charge in [0.15, 0.2) is 0 Å². The van der Waals surface area contributed by atoms with Crippen LogP contribution in [0.15, 0.2) is 20.9 Å². The molecule has 2 rings (SSSR count). The number of aromatic nitrogens is 2. The number of aliphatic hydroxyl groups excluding tert-OH is 1. The number of ether oxygens (including phenoxy) is 2. The first-order valence-corrected chi connectivity index (χ1v) is 7.33. The highest BCUT2D eigenvalue weighted by atomic mass is 16.6. The summed E-state index contributed by atoms with van der Waals surface area (Å²) < 4.78 is 12.1. The minimum atomic E-state index is -0.732. The summed E-state index contributed by atoms with van der Waals surface area (Å²) in [5.41, 5.74) is 7.21. The van der Waals surface area contributed by atoms with Gasteiger partial charge in [0, 0.05) is 24.0 Å². The van der Waals surface area contributed by atoms with Crippen molar-refractivity contribution in [2.24, 2.45) is 5.11 Å². The van der Waals surface area contributed by atoms with Gasteiger partial charge in [-0.15, -0.1) is 0 Å². The van der Waals surface area contributed by atoms with Crippen LogP contribution in [0.5, 0.6) is 0 Å². The maximum Gasteiger partial charge on any atom is 0.330 e. The fraction of sp³-hybridized carbons (Fsp3) is 0.571. The first-order chi connectivity index (χ1) is 11.6. The Hall–Kier alpha value is -2.57. The molecular formula is C14H17N5O5. The Morgan fingerprint density at radius 3 is 3.08 bits per heavy atom. The van der Waals surface area contributed by atoms with Crippen molar-refractivity contribution in [2.45, 2.75) is 38.2 Å². The number of H-pyrrole nitrogens is 1. The molecule has 0 aliphatic carbocycles. The van der Waals surface area contributed by atoms with E-state index in [1.165, 1.54) is 10.8 Å². The summed E-state index contributed by atoms with van der Waals surface area (Å²) in [5.74, 6) is 5.46. The Labute approximate surface area is 136 Å². The van der Waals surface area contributed by atoms with Gasteiger partial charge in [-0.3, -0.25) is 14.3 Å². The molecule has 1 saturated heterocycles. The molecule has 0 spiro atoms. The van der Waals surface area contributed by atoms with Crippen LogP contribution in [-0.4, -0.2) is 40.2 Å². The first-order valence-electron chi connectivity index (χ1n) is 7.33. The standard InChI is InChI=1S/C14H17N5O5/c1-2-3-4-9-6-19(14(22)17-13(9)21)12-5-10(11(7-20)24-12)23-8-16-18-15/h6,10-12,20H,2,5,7-8H2,1H3,(H,17,21,22)/t10?,11-,12-/m1/s1. The number of azide groups is 1. The molecule has 24 heavy (non-hydrogen) atoms. The molecule has 0 amide bonds. The largest absolute Gasteiger partial charge is 0.394 e. The second-order valence-corrected chi connectivity index (χ2v) is 4.98. The molecule has 0 radical (unpaired) electrons. The lowest BCUT2D eigenvalue weighted by Gasteiger charge is -2.15. The van der Waals surface area contributed by atoms with E-state index >= 15 is 0 Å². The van der Waals surface area contributed by atoms with Gasteiger partial charge in [-0.05, 0) is 5.53 Å². The second-order valence-electron chi connectivity index (χ2n) is 4.98. The molecule has 1 aliphatic heterocycles. The van der Waals surface area contributed by atoms with Gasteiger partial charge >= 0.3 is 5.69 Å². The van der Waals surface area contributed by atoms with E-state index in [0.717, 1.165) is 0 Å². The number of nitrogens with zero attached hydrogens (tertiary/aromatic N) is 4. The molecule has 1 aromatic heterocycles. The molecule has 2 N–H and O–H groups in total. The smallest absolute Gasteiger partial charge is 0.330 e. The molecule has 128 valence electrons. The summed E-state index contributed by atoms with van der Waals surface area (Å²) in [6.07, 6.45) is 0.199. The summed E-state index contributed by atoms with van der Waals surface area (Å²) in [6.45, 7) is 1.31. The Kier molecular flexibility index (Phi) is 6.17. The molecule has 2 heterocycles. The first kappa shape index (κ1) is 17.8. The number of hydrogen-bond donors (Lipinski definition) is 2. The molecule has 1 aromatic rings. The topological polar surface area (TPSA) is 142 Å². The average molecular weight is 335 g/mol. The van der Waals surface area contributed by atoms with Gasteiger partial charge in [-0.2, -0.15) is 0 Å². The monoisotopic (exact) mass is 335 g/mol. The summed E-state index contributed by atoms with van der Waals surface area (Å²) >= 11 is 0. The van der Waals surface area contributed by atoms with Crippen molar-refractivity contribution < 1.29 is 14.6 Å². The van der Waals surface area contributed by atoms with Crippen molar-refractivity contribution >= 4 is 0 Å². The van der Waals surface area contributed by atoms with Crippen LogP contribution in [-0.2, 0) is 9.47 Å². The zero-order chi connectivity index (χ0) is 17.5. The van der Waals surface area contributed by atoms with Gasteiger partial charge in [-0.1, -0.05) is 23.9 Å². The summed E-state index contributed by atoms with van der Waals surface area (Å²) in [7, 11) is 0. The molecule has 1 aliphatic rings. The average Bonchev–Trinajstić information content (AvgIpc) is 2.97. The second kappa shape index (κ2) is 8.33. The maximum atomic E-state index is 12.0. The molecule has 10 nitrogen and oxygen atoms in total. The summed E-state index contributed by atoms with van der Waals surface area (Å²) in [5, 5.41) is 12.6. The normalized spacial score (nSPS) is 22.5. The predicted octanol–water partition coefficient (Wildman–Crippen LogP) is 0.231. The van der Waals surface area contributed by atoms with Crippen LogP contribution < -0.4 is 11.2 Å². The van der Waals surface area contributed by atoms with Gasteiger partial charge < -0.3 is 14.6 Å². The Morgan fingerprint density at radius 2 is 2.42 bits per heavy atom.